The van der Waals surface area contributed by atoms with E-state index in [2.05, 4.69) is 0 Å². The van der Waals surface area contributed by atoms with E-state index in [1.807, 2.05) is 27.7 Å². The predicted molar refractivity (Wildman–Crippen MR) is 111 cm³/mol. The minimum Gasteiger partial charge on any atom is -0.507 e. The number of benzene rings is 1. The van der Waals surface area contributed by atoms with Crippen molar-refractivity contribution < 1.29 is 29.4 Å². The van der Waals surface area contributed by atoms with Crippen molar-refractivity contribution in [2.24, 2.45) is 10.8 Å². The first-order chi connectivity index (χ1) is 13.7. The first-order valence-electron chi connectivity index (χ1n) is 10.1. The van der Waals surface area contributed by atoms with E-state index in [0.717, 1.165) is 0 Å². The van der Waals surface area contributed by atoms with Gasteiger partial charge in [0.05, 0.1) is 11.1 Å². The van der Waals surface area contributed by atoms with Crippen molar-refractivity contribution in [3.63, 3.8) is 0 Å². The van der Waals surface area contributed by atoms with Crippen LogP contribution < -0.4 is 10.4 Å². The van der Waals surface area contributed by atoms with Gasteiger partial charge in [0.15, 0.2) is 23.1 Å². The Morgan fingerprint density at radius 3 is 1.03 bits per heavy atom. The zero-order chi connectivity index (χ0) is 22.8. The molecule has 0 aromatic heterocycles. The van der Waals surface area contributed by atoms with Gasteiger partial charge in [0, 0.05) is 36.1 Å². The molecular formula is C24H28O6. The van der Waals surface area contributed by atoms with Gasteiger partial charge in [0.2, 0.25) is 0 Å². The second-order valence-electron chi connectivity index (χ2n) is 10.2. The van der Waals surface area contributed by atoms with Gasteiger partial charge in [-0.05, 0) is 35.8 Å². The molecule has 2 aliphatic rings. The molecule has 0 heterocycles. The third-order valence-corrected chi connectivity index (χ3v) is 6.17. The average Bonchev–Trinajstić information content (AvgIpc) is 2.56. The van der Waals surface area contributed by atoms with Gasteiger partial charge in [-0.15, -0.1) is 0 Å². The molecule has 0 spiro atoms. The second kappa shape index (κ2) is 6.89. The summed E-state index contributed by atoms with van der Waals surface area (Å²) in [6.07, 6.45) is 0.353. The number of hydrogen-bond acceptors (Lipinski definition) is 6. The van der Waals surface area contributed by atoms with Gasteiger partial charge in [-0.3, -0.25) is 19.2 Å². The topological polar surface area (TPSA) is 109 Å². The number of carbonyl (C=O) groups is 4. The van der Waals surface area contributed by atoms with Crippen molar-refractivity contribution in [2.75, 3.05) is 0 Å². The summed E-state index contributed by atoms with van der Waals surface area (Å²) >= 11 is 0. The monoisotopic (exact) mass is 412 g/mol. The molecule has 2 fully saturated rings. The molecule has 2 N–H and O–H groups in total. The van der Waals surface area contributed by atoms with E-state index >= 15 is 0 Å². The van der Waals surface area contributed by atoms with E-state index in [1.54, 1.807) is 13.8 Å². The Kier molecular flexibility index (Phi) is 5.04. The maximum absolute atomic E-state index is 13.0. The van der Waals surface area contributed by atoms with Crippen molar-refractivity contribution in [1.82, 2.24) is 0 Å². The number of carbonyl (C=O) groups excluding carboxylic acids is 4. The summed E-state index contributed by atoms with van der Waals surface area (Å²) in [6, 6.07) is 0. The van der Waals surface area contributed by atoms with Crippen LogP contribution in [0.2, 0.25) is 0 Å². The Hall–Kier alpha value is -2.76. The standard InChI is InChI=1S/C24H28O6/c1-11-12(2)22(30)20(18-15(27)9-24(5,6)10-16(18)28)19(21(11)29)17-13(25)7-23(3,4)8-14(17)26/h29-30H,7-10H2,1-6H3. The molecule has 0 bridgehead atoms. The highest BCUT2D eigenvalue weighted by molar-refractivity contribution is 6.45. The van der Waals surface area contributed by atoms with E-state index in [-0.39, 0.29) is 58.8 Å². The van der Waals surface area contributed by atoms with E-state index in [4.69, 9.17) is 0 Å². The predicted octanol–water partition coefficient (Wildman–Crippen LogP) is 1.93. The van der Waals surface area contributed by atoms with Crippen LogP contribution in [-0.4, -0.2) is 33.3 Å². The molecule has 160 valence electrons. The molecular weight excluding hydrogens is 384 g/mol. The van der Waals surface area contributed by atoms with Gasteiger partial charge in [0.1, 0.15) is 11.5 Å². The molecule has 6 heteroatoms. The van der Waals surface area contributed by atoms with Gasteiger partial charge in [0.25, 0.3) is 0 Å². The zero-order valence-corrected chi connectivity index (χ0v) is 18.4. The quantitative estimate of drug-likeness (QED) is 0.631. The van der Waals surface area contributed by atoms with Crippen molar-refractivity contribution in [1.29, 1.82) is 0 Å². The van der Waals surface area contributed by atoms with E-state index in [0.29, 0.717) is 11.1 Å². The second-order valence-corrected chi connectivity index (χ2v) is 10.2. The molecule has 1 aromatic rings. The fourth-order valence-corrected chi connectivity index (χ4v) is 4.54. The SMILES string of the molecule is Cc1c(C)c(O)c(=C2C(=O)CC(C)(C)CC2=O)c(=C2C(=O)CC(C)(C)CC2=O)c1O. The molecule has 0 atom stereocenters. The maximum Gasteiger partial charge on any atom is 0.167 e. The Morgan fingerprint density at radius 2 is 0.800 bits per heavy atom. The third kappa shape index (κ3) is 3.48. The highest BCUT2D eigenvalue weighted by Crippen LogP contribution is 2.36. The van der Waals surface area contributed by atoms with Crippen LogP contribution in [0.4, 0.5) is 0 Å². The van der Waals surface area contributed by atoms with Crippen molar-refractivity contribution >= 4 is 34.3 Å². The van der Waals surface area contributed by atoms with Crippen LogP contribution in [0.15, 0.2) is 0 Å². The summed E-state index contributed by atoms with van der Waals surface area (Å²) in [5.74, 6) is -2.57. The van der Waals surface area contributed by atoms with Gasteiger partial charge in [-0.2, -0.15) is 0 Å². The fourth-order valence-electron chi connectivity index (χ4n) is 4.54. The molecule has 30 heavy (non-hydrogen) atoms. The Labute approximate surface area is 175 Å². The lowest BCUT2D eigenvalue weighted by molar-refractivity contribution is -0.126. The van der Waals surface area contributed by atoms with Gasteiger partial charge in [-0.25, -0.2) is 0 Å². The molecule has 0 radical (unpaired) electrons. The lowest BCUT2D eigenvalue weighted by Gasteiger charge is -2.30. The summed E-state index contributed by atoms with van der Waals surface area (Å²) in [5.41, 5.74) is -0.941. The third-order valence-electron chi connectivity index (χ3n) is 6.17. The number of hydrogen-bond donors (Lipinski definition) is 2. The van der Waals surface area contributed by atoms with E-state index in [1.165, 1.54) is 0 Å². The number of aromatic hydroxyl groups is 2. The highest BCUT2D eigenvalue weighted by atomic mass is 16.3. The van der Waals surface area contributed by atoms with E-state index in [9.17, 15) is 29.4 Å². The normalized spacial score (nSPS) is 21.4. The van der Waals surface area contributed by atoms with Crippen LogP contribution in [0.25, 0.3) is 11.1 Å². The van der Waals surface area contributed by atoms with Crippen LogP contribution in [0.1, 0.15) is 64.5 Å². The maximum atomic E-state index is 13.0. The Morgan fingerprint density at radius 1 is 0.567 bits per heavy atom. The summed E-state index contributed by atoms with van der Waals surface area (Å²) in [7, 11) is 0. The van der Waals surface area contributed by atoms with Crippen molar-refractivity contribution in [2.45, 2.75) is 67.2 Å². The Bertz CT molecular complexity index is 1010. The molecule has 2 aliphatic carbocycles. The zero-order valence-electron chi connectivity index (χ0n) is 18.4. The molecule has 3 rings (SSSR count). The Balaban J connectivity index is 2.58. The largest absolute Gasteiger partial charge is 0.507 e. The van der Waals surface area contributed by atoms with Crippen LogP contribution in [0.3, 0.4) is 0 Å². The molecule has 2 saturated carbocycles. The lowest BCUT2D eigenvalue weighted by Crippen LogP contribution is -2.44. The minimum absolute atomic E-state index is 0.0882. The number of ketones is 4. The number of phenolic OH excluding ortho intramolecular Hbond substituents is 2. The van der Waals surface area contributed by atoms with Crippen LogP contribution in [0, 0.1) is 24.7 Å². The first kappa shape index (κ1) is 21.9. The minimum atomic E-state index is -0.525. The van der Waals surface area contributed by atoms with Crippen LogP contribution >= 0.6 is 0 Å². The number of Topliss-reactive ketones (excluding diaryl/α,β-unsaturated/α-hetero) is 4. The lowest BCUT2D eigenvalue weighted by atomic mass is 9.71. The summed E-state index contributed by atoms with van der Waals surface area (Å²) < 4.78 is 0. The molecule has 1 aromatic carbocycles. The average molecular weight is 412 g/mol. The van der Waals surface area contributed by atoms with E-state index < -0.39 is 34.0 Å². The molecule has 0 saturated heterocycles. The highest BCUT2D eigenvalue weighted by Gasteiger charge is 2.40. The molecule has 0 amide bonds. The van der Waals surface area contributed by atoms with Crippen LogP contribution in [-0.2, 0) is 19.2 Å². The van der Waals surface area contributed by atoms with Gasteiger partial charge in [-0.1, -0.05) is 27.7 Å². The van der Waals surface area contributed by atoms with Crippen molar-refractivity contribution in [3.05, 3.63) is 21.6 Å². The number of phenols is 2. The molecule has 0 aliphatic heterocycles. The molecule has 6 nitrogen and oxygen atoms in total. The van der Waals surface area contributed by atoms with Gasteiger partial charge < -0.3 is 10.2 Å². The smallest absolute Gasteiger partial charge is 0.167 e. The fraction of sp³-hybridized carbons (Fsp3) is 0.500. The van der Waals surface area contributed by atoms with Crippen LogP contribution in [0.5, 0.6) is 11.5 Å². The van der Waals surface area contributed by atoms with Crippen molar-refractivity contribution in [3.8, 4) is 11.5 Å². The first-order valence-corrected chi connectivity index (χ1v) is 10.1. The number of rotatable bonds is 0. The molecule has 0 unspecified atom stereocenters. The summed E-state index contributed by atoms with van der Waals surface area (Å²) in [4.78, 5) is 51.8. The summed E-state index contributed by atoms with van der Waals surface area (Å²) in [5, 5.41) is 21.5. The summed E-state index contributed by atoms with van der Waals surface area (Å²) in [6.45, 7) is 10.3. The van der Waals surface area contributed by atoms with Gasteiger partial charge >= 0.3 is 0 Å².